The van der Waals surface area contributed by atoms with E-state index in [0.29, 0.717) is 85.8 Å². The lowest BCUT2D eigenvalue weighted by Crippen LogP contribution is -2.55. The predicted octanol–water partition coefficient (Wildman–Crippen LogP) is 5.35. The molecular weight excluding hydrogens is 813 g/mol. The van der Waals surface area contributed by atoms with Gasteiger partial charge in [-0.25, -0.2) is 14.5 Å². The second-order valence-corrected chi connectivity index (χ2v) is 16.3. The minimum absolute atomic E-state index is 0.0916. The van der Waals surface area contributed by atoms with Crippen LogP contribution in [0.25, 0.3) is 22.7 Å². The molecule has 5 rings (SSSR count). The zero-order valence-electron chi connectivity index (χ0n) is 36.7. The van der Waals surface area contributed by atoms with Crippen LogP contribution in [0, 0.1) is 5.92 Å². The van der Waals surface area contributed by atoms with Crippen LogP contribution in [-0.4, -0.2) is 99.5 Å². The lowest BCUT2D eigenvalue weighted by Gasteiger charge is -2.28. The Morgan fingerprint density at radius 3 is 2.30 bits per heavy atom. The number of benzene rings is 2. The molecule has 3 aromatic heterocycles. The summed E-state index contributed by atoms with van der Waals surface area (Å²) < 4.78 is 35.3. The number of oxazole rings is 1. The van der Waals surface area contributed by atoms with Gasteiger partial charge in [0.2, 0.25) is 5.89 Å². The van der Waals surface area contributed by atoms with E-state index in [-0.39, 0.29) is 36.7 Å². The van der Waals surface area contributed by atoms with Gasteiger partial charge < -0.3 is 43.8 Å². The number of hydrogen-bond acceptors (Lipinski definition) is 14. The minimum atomic E-state index is -1.64. The number of amides is 2. The van der Waals surface area contributed by atoms with Crippen molar-refractivity contribution in [3.8, 4) is 23.1 Å². The largest absolute Gasteiger partial charge is 0.490 e. The summed E-state index contributed by atoms with van der Waals surface area (Å²) in [5.41, 5.74) is 2.09. The van der Waals surface area contributed by atoms with E-state index in [1.807, 2.05) is 50.2 Å². The van der Waals surface area contributed by atoms with Crippen molar-refractivity contribution in [2.24, 2.45) is 13.0 Å². The Hall–Kier alpha value is -6.17. The summed E-state index contributed by atoms with van der Waals surface area (Å²) in [6, 6.07) is 19.2. The lowest BCUT2D eigenvalue weighted by molar-refractivity contribution is -0.134. The van der Waals surface area contributed by atoms with Gasteiger partial charge >= 0.3 is 6.09 Å². The van der Waals surface area contributed by atoms with Crippen molar-refractivity contribution in [2.45, 2.75) is 90.7 Å². The van der Waals surface area contributed by atoms with Crippen molar-refractivity contribution < 1.29 is 47.6 Å². The number of carbonyl (C=O) groups excluding carboxylic acids is 3. The third-order valence-corrected chi connectivity index (χ3v) is 9.37. The fourth-order valence-electron chi connectivity index (χ4n) is 6.28. The molecule has 338 valence electrons. The van der Waals surface area contributed by atoms with Crippen molar-refractivity contribution in [1.82, 2.24) is 30.4 Å². The Morgan fingerprint density at radius 1 is 0.873 bits per heavy atom. The summed E-state index contributed by atoms with van der Waals surface area (Å²) in [6.07, 6.45) is 0.381. The second kappa shape index (κ2) is 23.3. The first-order valence-corrected chi connectivity index (χ1v) is 21.0. The number of nitrogens with zero attached hydrogens (tertiary/aromatic N) is 4. The van der Waals surface area contributed by atoms with Gasteiger partial charge in [0.25, 0.3) is 11.5 Å². The van der Waals surface area contributed by atoms with Crippen LogP contribution in [0.1, 0.15) is 65.1 Å². The standard InChI is InChI=1S/C46H58N6O11/c1-30(2)25-36(48-43(56)42(55)38(26-31-11-8-7-9-12-31)50-45(57)63-46(3,4)5)39(53)13-10-20-58-21-22-59-23-24-60-34-15-14-32(47-28-34)29-61-33-16-18-40-37(27-33)49-44(62-40)35-17-19-41(54)52(6)51-35/h7-9,11-12,14-19,27-28,30,36,38,42,55H,10,13,20-26,29H2,1-6H3,(H,48,56)(H,50,57)/t36-,38+,42-/m0/s1. The Labute approximate surface area is 366 Å². The molecule has 2 amide bonds. The molecular formula is C46H58N6O11. The molecule has 0 saturated carbocycles. The number of Topliss-reactive ketones (excluding diaryl/α,β-unsaturated/α-hetero) is 1. The average Bonchev–Trinajstić information content (AvgIpc) is 3.67. The lowest BCUT2D eigenvalue weighted by atomic mass is 9.96. The van der Waals surface area contributed by atoms with Gasteiger partial charge in [0.1, 0.15) is 41.5 Å². The van der Waals surface area contributed by atoms with E-state index in [9.17, 15) is 24.3 Å². The van der Waals surface area contributed by atoms with Gasteiger partial charge in [-0.3, -0.25) is 19.4 Å². The summed E-state index contributed by atoms with van der Waals surface area (Å²) in [7, 11) is 1.56. The van der Waals surface area contributed by atoms with Crippen LogP contribution < -0.4 is 25.7 Å². The summed E-state index contributed by atoms with van der Waals surface area (Å²) in [5.74, 6) is 0.631. The first-order chi connectivity index (χ1) is 30.1. The van der Waals surface area contributed by atoms with Crippen LogP contribution in [0.15, 0.2) is 88.2 Å². The van der Waals surface area contributed by atoms with Gasteiger partial charge in [-0.2, -0.15) is 5.10 Å². The number of fused-ring (bicyclic) bond motifs is 1. The Bertz CT molecular complexity index is 2290. The normalized spacial score (nSPS) is 13.0. The predicted molar refractivity (Wildman–Crippen MR) is 233 cm³/mol. The highest BCUT2D eigenvalue weighted by Crippen LogP contribution is 2.26. The van der Waals surface area contributed by atoms with Crippen LogP contribution >= 0.6 is 0 Å². The number of nitrogens with one attached hydrogen (secondary N) is 2. The van der Waals surface area contributed by atoms with Gasteiger partial charge in [-0.05, 0) is 81.8 Å². The molecule has 3 atom stereocenters. The maximum atomic E-state index is 13.3. The number of pyridine rings is 1. The quantitative estimate of drug-likeness (QED) is 0.0667. The molecule has 0 aliphatic carbocycles. The number of rotatable bonds is 24. The zero-order valence-corrected chi connectivity index (χ0v) is 36.7. The van der Waals surface area contributed by atoms with Crippen LogP contribution in [0.2, 0.25) is 0 Å². The number of alkyl carbamates (subject to hydrolysis) is 1. The number of aliphatic hydroxyl groups is 1. The molecule has 17 nitrogen and oxygen atoms in total. The minimum Gasteiger partial charge on any atom is -0.490 e. The summed E-state index contributed by atoms with van der Waals surface area (Å²) in [5, 5.41) is 20.7. The van der Waals surface area contributed by atoms with Gasteiger partial charge in [-0.1, -0.05) is 44.2 Å². The maximum Gasteiger partial charge on any atom is 0.407 e. The number of aryl methyl sites for hydroxylation is 1. The molecule has 0 bridgehead atoms. The fraction of sp³-hybridized carbons (Fsp3) is 0.457. The Kier molecular flexibility index (Phi) is 17.7. The zero-order chi connectivity index (χ0) is 45.4. The molecule has 3 heterocycles. The highest BCUT2D eigenvalue weighted by Gasteiger charge is 2.32. The summed E-state index contributed by atoms with van der Waals surface area (Å²) in [4.78, 5) is 59.8. The third kappa shape index (κ3) is 15.9. The second-order valence-electron chi connectivity index (χ2n) is 16.3. The number of hydrogen-bond donors (Lipinski definition) is 3. The summed E-state index contributed by atoms with van der Waals surface area (Å²) >= 11 is 0. The van der Waals surface area contributed by atoms with Crippen molar-refractivity contribution >= 4 is 28.9 Å². The topological polar surface area (TPSA) is 215 Å². The first kappa shape index (κ1) is 47.9. The van der Waals surface area contributed by atoms with E-state index in [4.69, 9.17) is 28.1 Å². The van der Waals surface area contributed by atoms with Crippen LogP contribution in [0.3, 0.4) is 0 Å². The van der Waals surface area contributed by atoms with Crippen molar-refractivity contribution in [2.75, 3.05) is 33.0 Å². The SMILES string of the molecule is CC(C)C[C@H](NC(=O)[C@@H](O)[C@@H](Cc1ccccc1)NC(=O)OC(C)(C)C)C(=O)CCCOCCOCCOc1ccc(COc2ccc3oc(-c4ccc(=O)n(C)n4)nc3c2)nc1. The molecule has 0 fully saturated rings. The highest BCUT2D eigenvalue weighted by molar-refractivity contribution is 5.91. The molecule has 63 heavy (non-hydrogen) atoms. The highest BCUT2D eigenvalue weighted by atomic mass is 16.6. The van der Waals surface area contributed by atoms with Gasteiger partial charge in [0.15, 0.2) is 17.5 Å². The first-order valence-electron chi connectivity index (χ1n) is 21.0. The smallest absolute Gasteiger partial charge is 0.407 e. The van der Waals surface area contributed by atoms with E-state index >= 15 is 0 Å². The van der Waals surface area contributed by atoms with Crippen molar-refractivity contribution in [1.29, 1.82) is 0 Å². The van der Waals surface area contributed by atoms with E-state index in [1.54, 1.807) is 64.3 Å². The average molecular weight is 871 g/mol. The molecule has 3 N–H and O–H groups in total. The molecule has 5 aromatic rings. The maximum absolute atomic E-state index is 13.3. The van der Waals surface area contributed by atoms with Crippen LogP contribution in [0.5, 0.6) is 11.5 Å². The van der Waals surface area contributed by atoms with E-state index in [0.717, 1.165) is 5.56 Å². The molecule has 2 aromatic carbocycles. The summed E-state index contributed by atoms with van der Waals surface area (Å²) in [6.45, 7) is 10.9. The number of aliphatic hydroxyl groups excluding tert-OH is 1. The van der Waals surface area contributed by atoms with Gasteiger partial charge in [0, 0.05) is 32.2 Å². The van der Waals surface area contributed by atoms with E-state index in [1.165, 1.54) is 10.7 Å². The Balaban J connectivity index is 0.957. The molecule has 0 spiro atoms. The molecule has 17 heteroatoms. The Morgan fingerprint density at radius 2 is 1.60 bits per heavy atom. The van der Waals surface area contributed by atoms with Crippen LogP contribution in [-0.2, 0) is 43.9 Å². The van der Waals surface area contributed by atoms with Gasteiger partial charge in [0.05, 0.1) is 43.8 Å². The third-order valence-electron chi connectivity index (χ3n) is 9.37. The molecule has 0 aliphatic rings. The molecule has 0 unspecified atom stereocenters. The van der Waals surface area contributed by atoms with E-state index in [2.05, 4.69) is 25.7 Å². The fourth-order valence-corrected chi connectivity index (χ4v) is 6.28. The van der Waals surface area contributed by atoms with Crippen molar-refractivity contribution in [3.63, 3.8) is 0 Å². The molecule has 0 radical (unpaired) electrons. The number of carbonyl (C=O) groups is 3. The van der Waals surface area contributed by atoms with E-state index < -0.39 is 35.8 Å². The monoisotopic (exact) mass is 870 g/mol. The van der Waals surface area contributed by atoms with Crippen molar-refractivity contribution in [3.05, 3.63) is 101 Å². The molecule has 0 saturated heterocycles. The van der Waals surface area contributed by atoms with Crippen LogP contribution in [0.4, 0.5) is 4.79 Å². The number of ether oxygens (including phenoxy) is 5. The van der Waals surface area contributed by atoms with Gasteiger partial charge in [-0.15, -0.1) is 0 Å². The number of ketones is 1. The number of aromatic nitrogens is 4. The molecule has 0 aliphatic heterocycles.